The fraction of sp³-hybridized carbons (Fsp3) is 0.391. The van der Waals surface area contributed by atoms with E-state index in [1.165, 1.54) is 35.3 Å². The van der Waals surface area contributed by atoms with E-state index in [4.69, 9.17) is 4.98 Å². The predicted octanol–water partition coefficient (Wildman–Crippen LogP) is 4.40. The van der Waals surface area contributed by atoms with E-state index in [1.54, 1.807) is 0 Å². The summed E-state index contributed by atoms with van der Waals surface area (Å²) in [7, 11) is 0. The van der Waals surface area contributed by atoms with E-state index in [9.17, 15) is 0 Å². The van der Waals surface area contributed by atoms with Crippen LogP contribution >= 0.6 is 0 Å². The molecule has 5 rings (SSSR count). The smallest absolute Gasteiger partial charge is 0.111 e. The van der Waals surface area contributed by atoms with Gasteiger partial charge >= 0.3 is 0 Å². The van der Waals surface area contributed by atoms with Crippen LogP contribution in [0.2, 0.25) is 0 Å². The molecule has 5 nitrogen and oxygen atoms in total. The second-order valence-corrected chi connectivity index (χ2v) is 7.95. The van der Waals surface area contributed by atoms with E-state index in [2.05, 4.69) is 69.2 Å². The molecule has 5 heteroatoms. The summed E-state index contributed by atoms with van der Waals surface area (Å²) >= 11 is 0. The van der Waals surface area contributed by atoms with E-state index >= 15 is 0 Å². The Labute approximate surface area is 165 Å². The SMILES string of the molecule is CCCC(C)N1CCc2nc3cc(-c4ccc5cncn5c4)ccc3n2CC1. The Morgan fingerprint density at radius 1 is 1.07 bits per heavy atom. The van der Waals surface area contributed by atoms with Crippen LogP contribution in [0.25, 0.3) is 27.7 Å². The molecule has 1 atom stereocenters. The van der Waals surface area contributed by atoms with Crippen LogP contribution in [-0.4, -0.2) is 43.0 Å². The first-order valence-corrected chi connectivity index (χ1v) is 10.4. The first-order valence-electron chi connectivity index (χ1n) is 10.4. The molecule has 0 aliphatic carbocycles. The van der Waals surface area contributed by atoms with Crippen molar-refractivity contribution < 1.29 is 0 Å². The molecule has 1 aromatic carbocycles. The minimum absolute atomic E-state index is 0.658. The average molecular weight is 374 g/mol. The van der Waals surface area contributed by atoms with Crippen molar-refractivity contribution in [2.75, 3.05) is 13.1 Å². The third-order valence-corrected chi connectivity index (χ3v) is 6.13. The summed E-state index contributed by atoms with van der Waals surface area (Å²) in [5, 5.41) is 0. The summed E-state index contributed by atoms with van der Waals surface area (Å²) in [5.74, 6) is 1.23. The van der Waals surface area contributed by atoms with Crippen LogP contribution in [0, 0.1) is 0 Å². The minimum Gasteiger partial charge on any atom is -0.327 e. The van der Waals surface area contributed by atoms with Gasteiger partial charge in [-0.25, -0.2) is 9.97 Å². The van der Waals surface area contributed by atoms with E-state index in [0.717, 1.165) is 37.1 Å². The van der Waals surface area contributed by atoms with E-state index in [1.807, 2.05) is 12.5 Å². The molecule has 1 aliphatic heterocycles. The number of benzene rings is 1. The number of aromatic nitrogens is 4. The quantitative estimate of drug-likeness (QED) is 0.532. The molecule has 144 valence electrons. The van der Waals surface area contributed by atoms with Gasteiger partial charge in [0.25, 0.3) is 0 Å². The van der Waals surface area contributed by atoms with Crippen LogP contribution in [0.3, 0.4) is 0 Å². The number of pyridine rings is 1. The second kappa shape index (κ2) is 7.06. The lowest BCUT2D eigenvalue weighted by molar-refractivity contribution is 0.203. The molecule has 0 spiro atoms. The van der Waals surface area contributed by atoms with Gasteiger partial charge in [-0.3, -0.25) is 4.90 Å². The van der Waals surface area contributed by atoms with E-state index in [0.29, 0.717) is 6.04 Å². The lowest BCUT2D eigenvalue weighted by Crippen LogP contribution is -2.35. The maximum Gasteiger partial charge on any atom is 0.111 e. The lowest BCUT2D eigenvalue weighted by atomic mass is 10.1. The normalized spacial score (nSPS) is 16.4. The Morgan fingerprint density at radius 3 is 2.86 bits per heavy atom. The zero-order valence-corrected chi connectivity index (χ0v) is 16.7. The highest BCUT2D eigenvalue weighted by Crippen LogP contribution is 2.27. The Balaban J connectivity index is 1.46. The molecule has 0 radical (unpaired) electrons. The fourth-order valence-corrected chi connectivity index (χ4v) is 4.52. The van der Waals surface area contributed by atoms with Crippen molar-refractivity contribution in [2.24, 2.45) is 0 Å². The van der Waals surface area contributed by atoms with Crippen molar-refractivity contribution in [2.45, 2.75) is 45.7 Å². The van der Waals surface area contributed by atoms with Crippen molar-refractivity contribution >= 4 is 16.6 Å². The third-order valence-electron chi connectivity index (χ3n) is 6.13. The van der Waals surface area contributed by atoms with Gasteiger partial charge in [0.1, 0.15) is 5.82 Å². The zero-order valence-electron chi connectivity index (χ0n) is 16.7. The first-order chi connectivity index (χ1) is 13.7. The standard InChI is InChI=1S/C23H27N5/c1-3-4-17(2)26-10-9-23-25-21-13-18(6-8-22(21)28(23)12-11-26)19-5-7-20-14-24-16-27(20)15-19/h5-8,13-17H,3-4,9-12H2,1-2H3. The van der Waals surface area contributed by atoms with Gasteiger partial charge in [0.15, 0.2) is 0 Å². The molecule has 4 heterocycles. The van der Waals surface area contributed by atoms with E-state index < -0.39 is 0 Å². The molecule has 0 fully saturated rings. The molecular weight excluding hydrogens is 346 g/mol. The molecule has 0 saturated heterocycles. The van der Waals surface area contributed by atoms with Crippen molar-refractivity contribution in [1.29, 1.82) is 0 Å². The minimum atomic E-state index is 0.658. The van der Waals surface area contributed by atoms with Crippen LogP contribution in [0.1, 0.15) is 32.5 Å². The fourth-order valence-electron chi connectivity index (χ4n) is 4.52. The maximum absolute atomic E-state index is 5.01. The third kappa shape index (κ3) is 3.00. The van der Waals surface area contributed by atoms with E-state index in [-0.39, 0.29) is 0 Å². The molecule has 0 bridgehead atoms. The molecular formula is C23H27N5. The molecule has 1 unspecified atom stereocenters. The summed E-state index contributed by atoms with van der Waals surface area (Å²) in [5.41, 5.74) is 5.87. The van der Waals surface area contributed by atoms with Gasteiger partial charge in [-0.05, 0) is 42.7 Å². The molecule has 0 amide bonds. The summed E-state index contributed by atoms with van der Waals surface area (Å²) in [6.45, 7) is 7.88. The zero-order chi connectivity index (χ0) is 19.1. The maximum atomic E-state index is 5.01. The van der Waals surface area contributed by atoms with Gasteiger partial charge in [-0.15, -0.1) is 0 Å². The molecule has 0 saturated carbocycles. The monoisotopic (exact) mass is 373 g/mol. The number of nitrogens with zero attached hydrogens (tertiary/aromatic N) is 5. The van der Waals surface area contributed by atoms with Crippen molar-refractivity contribution in [3.05, 3.63) is 54.9 Å². The van der Waals surface area contributed by atoms with Crippen LogP contribution in [-0.2, 0) is 13.0 Å². The van der Waals surface area contributed by atoms with Gasteiger partial charge in [-0.2, -0.15) is 0 Å². The highest BCUT2D eigenvalue weighted by molar-refractivity contribution is 5.83. The summed E-state index contributed by atoms with van der Waals surface area (Å²) < 4.78 is 4.49. The Hall–Kier alpha value is -2.66. The number of rotatable bonds is 4. The Kier molecular flexibility index (Phi) is 4.40. The highest BCUT2D eigenvalue weighted by atomic mass is 15.2. The molecule has 28 heavy (non-hydrogen) atoms. The topological polar surface area (TPSA) is 38.4 Å². The number of fused-ring (bicyclic) bond motifs is 4. The Bertz CT molecular complexity index is 1120. The van der Waals surface area contributed by atoms with Crippen LogP contribution < -0.4 is 0 Å². The summed E-state index contributed by atoms with van der Waals surface area (Å²) in [4.78, 5) is 11.8. The van der Waals surface area contributed by atoms with Crippen LogP contribution in [0.15, 0.2) is 49.1 Å². The predicted molar refractivity (Wildman–Crippen MR) is 114 cm³/mol. The molecule has 1 aliphatic rings. The van der Waals surface area contributed by atoms with Gasteiger partial charge in [0.2, 0.25) is 0 Å². The van der Waals surface area contributed by atoms with Crippen molar-refractivity contribution in [3.8, 4) is 11.1 Å². The first kappa shape index (κ1) is 17.4. The number of hydrogen-bond donors (Lipinski definition) is 0. The highest BCUT2D eigenvalue weighted by Gasteiger charge is 2.20. The summed E-state index contributed by atoms with van der Waals surface area (Å²) in [6.07, 6.45) is 9.41. The molecule has 3 aromatic heterocycles. The van der Waals surface area contributed by atoms with Gasteiger partial charge in [0.05, 0.1) is 29.1 Å². The number of hydrogen-bond acceptors (Lipinski definition) is 3. The van der Waals surface area contributed by atoms with Gasteiger partial charge in [-0.1, -0.05) is 25.5 Å². The number of imidazole rings is 2. The average Bonchev–Trinajstić information content (AvgIpc) is 3.25. The molecule has 0 N–H and O–H groups in total. The van der Waals surface area contributed by atoms with Crippen molar-refractivity contribution in [3.63, 3.8) is 0 Å². The summed E-state index contributed by atoms with van der Waals surface area (Å²) in [6, 6.07) is 11.6. The van der Waals surface area contributed by atoms with Gasteiger partial charge in [0, 0.05) is 38.3 Å². The Morgan fingerprint density at radius 2 is 1.96 bits per heavy atom. The van der Waals surface area contributed by atoms with Crippen LogP contribution in [0.5, 0.6) is 0 Å². The largest absolute Gasteiger partial charge is 0.327 e. The van der Waals surface area contributed by atoms with Crippen molar-refractivity contribution in [1.82, 2.24) is 23.8 Å². The van der Waals surface area contributed by atoms with Gasteiger partial charge < -0.3 is 8.97 Å². The second-order valence-electron chi connectivity index (χ2n) is 7.95. The lowest BCUT2D eigenvalue weighted by Gasteiger charge is -2.27. The van der Waals surface area contributed by atoms with Crippen LogP contribution in [0.4, 0.5) is 0 Å². The molecule has 4 aromatic rings.